The minimum absolute atomic E-state index is 0.165. The largest absolute Gasteiger partial charge is 0.482 e. The van der Waals surface area contributed by atoms with Crippen LogP contribution >= 0.6 is 46.1 Å². The predicted octanol–water partition coefficient (Wildman–Crippen LogP) is 5.70. The highest BCUT2D eigenvalue weighted by Gasteiger charge is 2.22. The fourth-order valence-corrected chi connectivity index (χ4v) is 5.44. The van der Waals surface area contributed by atoms with Gasteiger partial charge in [0.2, 0.25) is 0 Å². The van der Waals surface area contributed by atoms with E-state index in [1.807, 2.05) is 19.1 Å². The lowest BCUT2D eigenvalue weighted by Gasteiger charge is -2.27. The zero-order chi connectivity index (χ0) is 23.4. The number of aryl methyl sites for hydroxylation is 1. The average molecular weight is 529 g/mol. The Hall–Kier alpha value is -1.61. The van der Waals surface area contributed by atoms with Crippen molar-refractivity contribution in [2.75, 3.05) is 50.9 Å². The molecule has 4 rings (SSSR count). The molecule has 0 unspecified atom stereocenters. The zero-order valence-corrected chi connectivity index (χ0v) is 21.2. The Labute approximate surface area is 211 Å². The quantitative estimate of drug-likeness (QED) is 0.375. The Balaban J connectivity index is 1.51. The molecule has 1 aromatic heterocycles. The standard InChI is InChI=1S/C23H24Cl3N3O3S/c1-15-3-5-17(25)22-21(15)27-23(33-22)29(8-2-7-28-9-11-31-12-10-28)20(30)14-32-19-6-4-16(24)13-18(19)26/h3-6,13H,2,7-12,14H2,1H3. The first-order chi connectivity index (χ1) is 15.9. The highest BCUT2D eigenvalue weighted by atomic mass is 35.5. The van der Waals surface area contributed by atoms with E-state index in [2.05, 4.69) is 4.90 Å². The van der Waals surface area contributed by atoms with Crippen molar-refractivity contribution >= 4 is 67.4 Å². The van der Waals surface area contributed by atoms with Gasteiger partial charge in [-0.3, -0.25) is 14.6 Å². The molecule has 1 saturated heterocycles. The smallest absolute Gasteiger partial charge is 0.266 e. The van der Waals surface area contributed by atoms with Crippen molar-refractivity contribution in [3.05, 3.63) is 51.0 Å². The number of rotatable bonds is 8. The van der Waals surface area contributed by atoms with Gasteiger partial charge in [0.1, 0.15) is 5.75 Å². The third-order valence-electron chi connectivity index (χ3n) is 5.42. The summed E-state index contributed by atoms with van der Waals surface area (Å²) in [4.78, 5) is 22.0. The van der Waals surface area contributed by atoms with Gasteiger partial charge in [-0.1, -0.05) is 52.2 Å². The van der Waals surface area contributed by atoms with Gasteiger partial charge in [0, 0.05) is 31.2 Å². The van der Waals surface area contributed by atoms with Crippen molar-refractivity contribution in [1.29, 1.82) is 0 Å². The van der Waals surface area contributed by atoms with Crippen LogP contribution in [-0.2, 0) is 9.53 Å². The van der Waals surface area contributed by atoms with Crippen molar-refractivity contribution in [2.24, 2.45) is 0 Å². The second-order valence-electron chi connectivity index (χ2n) is 7.75. The number of thiazole rings is 1. The number of benzene rings is 2. The van der Waals surface area contributed by atoms with Crippen molar-refractivity contribution in [1.82, 2.24) is 9.88 Å². The van der Waals surface area contributed by atoms with E-state index in [1.54, 1.807) is 23.1 Å². The molecule has 1 fully saturated rings. The Bertz CT molecular complexity index is 1100. The molecule has 0 saturated carbocycles. The Morgan fingerprint density at radius 3 is 2.70 bits per heavy atom. The second kappa shape index (κ2) is 11.2. The molecule has 0 bridgehead atoms. The monoisotopic (exact) mass is 527 g/mol. The maximum Gasteiger partial charge on any atom is 0.266 e. The summed E-state index contributed by atoms with van der Waals surface area (Å²) in [6.07, 6.45) is 0.802. The highest BCUT2D eigenvalue weighted by Crippen LogP contribution is 2.36. The van der Waals surface area contributed by atoms with E-state index in [0.29, 0.717) is 32.5 Å². The van der Waals surface area contributed by atoms with E-state index in [1.165, 1.54) is 11.3 Å². The van der Waals surface area contributed by atoms with Gasteiger partial charge in [-0.15, -0.1) is 0 Å². The Morgan fingerprint density at radius 1 is 1.18 bits per heavy atom. The molecule has 0 radical (unpaired) electrons. The number of nitrogens with zero attached hydrogens (tertiary/aromatic N) is 3. The molecular formula is C23H24Cl3N3O3S. The lowest BCUT2D eigenvalue weighted by atomic mass is 10.2. The number of hydrogen-bond acceptors (Lipinski definition) is 6. The molecular weight excluding hydrogens is 505 g/mol. The van der Waals surface area contributed by atoms with Gasteiger partial charge in [-0.25, -0.2) is 4.98 Å². The van der Waals surface area contributed by atoms with E-state index >= 15 is 0 Å². The molecule has 176 valence electrons. The van der Waals surface area contributed by atoms with Crippen LogP contribution in [0.5, 0.6) is 5.75 Å². The molecule has 1 aliphatic rings. The number of fused-ring (bicyclic) bond motifs is 1. The van der Waals surface area contributed by atoms with Gasteiger partial charge in [0.15, 0.2) is 11.7 Å². The first-order valence-corrected chi connectivity index (χ1v) is 12.6. The van der Waals surface area contributed by atoms with E-state index in [9.17, 15) is 4.79 Å². The van der Waals surface area contributed by atoms with Crippen molar-refractivity contribution in [3.63, 3.8) is 0 Å². The number of ether oxygens (including phenoxy) is 2. The average Bonchev–Trinajstić information content (AvgIpc) is 3.26. The maximum atomic E-state index is 13.3. The number of halogens is 3. The number of carbonyl (C=O) groups is 1. The molecule has 1 aliphatic heterocycles. The number of carbonyl (C=O) groups excluding carboxylic acids is 1. The van der Waals surface area contributed by atoms with Crippen molar-refractivity contribution in [2.45, 2.75) is 13.3 Å². The second-order valence-corrected chi connectivity index (χ2v) is 9.98. The molecule has 10 heteroatoms. The molecule has 2 aromatic carbocycles. The molecule has 2 heterocycles. The van der Waals surface area contributed by atoms with E-state index in [4.69, 9.17) is 49.3 Å². The molecule has 0 atom stereocenters. The van der Waals surface area contributed by atoms with Gasteiger partial charge < -0.3 is 9.47 Å². The summed E-state index contributed by atoms with van der Waals surface area (Å²) in [7, 11) is 0. The number of amides is 1. The normalized spacial score (nSPS) is 14.5. The van der Waals surface area contributed by atoms with Crippen LogP contribution in [0.3, 0.4) is 0 Å². The van der Waals surface area contributed by atoms with Crippen LogP contribution in [0.1, 0.15) is 12.0 Å². The first-order valence-electron chi connectivity index (χ1n) is 10.7. The van der Waals surface area contributed by atoms with Gasteiger partial charge in [0.05, 0.1) is 33.5 Å². The minimum atomic E-state index is -0.198. The van der Waals surface area contributed by atoms with E-state index < -0.39 is 0 Å². The van der Waals surface area contributed by atoms with Crippen LogP contribution in [-0.4, -0.2) is 61.8 Å². The molecule has 1 amide bonds. The number of morpholine rings is 1. The lowest BCUT2D eigenvalue weighted by Crippen LogP contribution is -2.40. The molecule has 3 aromatic rings. The Morgan fingerprint density at radius 2 is 1.97 bits per heavy atom. The molecule has 0 N–H and O–H groups in total. The van der Waals surface area contributed by atoms with Crippen LogP contribution in [0.4, 0.5) is 5.13 Å². The van der Waals surface area contributed by atoms with Gasteiger partial charge in [-0.05, 0) is 43.2 Å². The van der Waals surface area contributed by atoms with E-state index in [0.717, 1.165) is 55.0 Å². The summed E-state index contributed by atoms with van der Waals surface area (Å²) < 4.78 is 12.0. The summed E-state index contributed by atoms with van der Waals surface area (Å²) in [6.45, 7) is 6.51. The molecule has 33 heavy (non-hydrogen) atoms. The van der Waals surface area contributed by atoms with E-state index in [-0.39, 0.29) is 12.5 Å². The Kier molecular flexibility index (Phi) is 8.33. The maximum absolute atomic E-state index is 13.3. The summed E-state index contributed by atoms with van der Waals surface area (Å²) in [5.41, 5.74) is 1.83. The fraction of sp³-hybridized carbons (Fsp3) is 0.391. The molecule has 0 aliphatic carbocycles. The predicted molar refractivity (Wildman–Crippen MR) is 136 cm³/mol. The molecule has 6 nitrogen and oxygen atoms in total. The minimum Gasteiger partial charge on any atom is -0.482 e. The topological polar surface area (TPSA) is 54.9 Å². The third kappa shape index (κ3) is 6.10. The summed E-state index contributed by atoms with van der Waals surface area (Å²) in [5.74, 6) is 0.210. The van der Waals surface area contributed by atoms with Gasteiger partial charge >= 0.3 is 0 Å². The molecule has 0 spiro atoms. The number of aromatic nitrogens is 1. The summed E-state index contributed by atoms with van der Waals surface area (Å²) in [5, 5.41) is 2.10. The van der Waals surface area contributed by atoms with Gasteiger partial charge in [0.25, 0.3) is 5.91 Å². The third-order valence-corrected chi connectivity index (χ3v) is 7.49. The van der Waals surface area contributed by atoms with Crippen molar-refractivity contribution in [3.8, 4) is 5.75 Å². The zero-order valence-electron chi connectivity index (χ0n) is 18.2. The number of anilines is 1. The fourth-order valence-electron chi connectivity index (χ4n) is 3.62. The lowest BCUT2D eigenvalue weighted by molar-refractivity contribution is -0.120. The van der Waals surface area contributed by atoms with Crippen LogP contribution in [0.2, 0.25) is 15.1 Å². The summed E-state index contributed by atoms with van der Waals surface area (Å²) in [6, 6.07) is 8.70. The first kappa shape index (κ1) is 24.5. The highest BCUT2D eigenvalue weighted by molar-refractivity contribution is 7.23. The van der Waals surface area contributed by atoms with Gasteiger partial charge in [-0.2, -0.15) is 0 Å². The van der Waals surface area contributed by atoms with Crippen LogP contribution in [0, 0.1) is 6.92 Å². The van der Waals surface area contributed by atoms with Crippen LogP contribution in [0.15, 0.2) is 30.3 Å². The number of hydrogen-bond donors (Lipinski definition) is 0. The van der Waals surface area contributed by atoms with Crippen molar-refractivity contribution < 1.29 is 14.3 Å². The summed E-state index contributed by atoms with van der Waals surface area (Å²) >= 11 is 20.0. The van der Waals surface area contributed by atoms with Crippen LogP contribution in [0.25, 0.3) is 10.2 Å². The SMILES string of the molecule is Cc1ccc(Cl)c2sc(N(CCCN3CCOCC3)C(=O)COc3ccc(Cl)cc3Cl)nc12. The van der Waals surface area contributed by atoms with Crippen LogP contribution < -0.4 is 9.64 Å².